The Balaban J connectivity index is 2.44. The molecule has 0 amide bonds. The largest absolute Gasteiger partial charge is 0.302 e. The molecule has 0 bridgehead atoms. The van der Waals surface area contributed by atoms with Crippen LogP contribution >= 0.6 is 0 Å². The lowest BCUT2D eigenvalue weighted by Crippen LogP contribution is -1.88. The Bertz CT molecular complexity index is 523. The van der Waals surface area contributed by atoms with Crippen molar-refractivity contribution in [2.75, 3.05) is 0 Å². The Labute approximate surface area is 95.0 Å². The van der Waals surface area contributed by atoms with Crippen molar-refractivity contribution in [3.8, 4) is 11.1 Å². The summed E-state index contributed by atoms with van der Waals surface area (Å²) in [4.78, 5) is 0.335. The van der Waals surface area contributed by atoms with Crippen LogP contribution in [0, 0.1) is 5.82 Å². The normalized spacial score (nSPS) is 12.4. The molecule has 2 aromatic rings. The highest BCUT2D eigenvalue weighted by Gasteiger charge is 2.03. The van der Waals surface area contributed by atoms with Gasteiger partial charge in [0.15, 0.2) is 11.1 Å². The Morgan fingerprint density at radius 2 is 1.69 bits per heavy atom. The SMILES string of the molecule is O=S(O)c1cccc(-c2ccc(F)cc2)c1. The highest BCUT2D eigenvalue weighted by atomic mass is 32.2. The molecule has 1 atom stereocenters. The molecule has 2 nitrogen and oxygen atoms in total. The van der Waals surface area contributed by atoms with Gasteiger partial charge >= 0.3 is 0 Å². The first-order valence-electron chi connectivity index (χ1n) is 4.64. The summed E-state index contributed by atoms with van der Waals surface area (Å²) in [6.45, 7) is 0. The molecule has 2 aromatic carbocycles. The van der Waals surface area contributed by atoms with E-state index in [0.29, 0.717) is 4.90 Å². The zero-order valence-corrected chi connectivity index (χ0v) is 9.08. The molecule has 16 heavy (non-hydrogen) atoms. The van der Waals surface area contributed by atoms with E-state index < -0.39 is 11.1 Å². The topological polar surface area (TPSA) is 37.3 Å². The van der Waals surface area contributed by atoms with Crippen LogP contribution in [-0.4, -0.2) is 8.76 Å². The summed E-state index contributed by atoms with van der Waals surface area (Å²) < 4.78 is 32.6. The summed E-state index contributed by atoms with van der Waals surface area (Å²) in [6, 6.07) is 12.7. The van der Waals surface area contributed by atoms with Gasteiger partial charge in [-0.05, 0) is 35.4 Å². The molecule has 4 heteroatoms. The zero-order valence-electron chi connectivity index (χ0n) is 8.26. The van der Waals surface area contributed by atoms with Crippen molar-refractivity contribution >= 4 is 11.1 Å². The molecule has 0 spiro atoms. The third-order valence-electron chi connectivity index (χ3n) is 2.21. The van der Waals surface area contributed by atoms with Crippen LogP contribution in [0.1, 0.15) is 0 Å². The van der Waals surface area contributed by atoms with E-state index >= 15 is 0 Å². The summed E-state index contributed by atoms with van der Waals surface area (Å²) >= 11 is -1.99. The summed E-state index contributed by atoms with van der Waals surface area (Å²) in [5.41, 5.74) is 1.61. The number of hydrogen-bond acceptors (Lipinski definition) is 1. The molecule has 0 fully saturated rings. The maximum Gasteiger partial charge on any atom is 0.186 e. The van der Waals surface area contributed by atoms with Gasteiger partial charge in [-0.1, -0.05) is 24.3 Å². The number of benzene rings is 2. The molecule has 1 unspecified atom stereocenters. The average molecular weight is 236 g/mol. The molecular formula is C12H9FO2S. The molecule has 0 aromatic heterocycles. The lowest BCUT2D eigenvalue weighted by Gasteiger charge is -2.02. The maximum atomic E-state index is 12.7. The standard InChI is InChI=1S/C12H9FO2S/c13-11-6-4-9(5-7-11)10-2-1-3-12(8-10)16(14)15/h1-8H,(H,14,15). The summed E-state index contributed by atoms with van der Waals surface area (Å²) in [5, 5.41) is 0. The fraction of sp³-hybridized carbons (Fsp3) is 0. The maximum absolute atomic E-state index is 12.7. The van der Waals surface area contributed by atoms with E-state index in [1.165, 1.54) is 12.1 Å². The minimum absolute atomic E-state index is 0.300. The van der Waals surface area contributed by atoms with Gasteiger partial charge < -0.3 is 4.55 Å². The quantitative estimate of drug-likeness (QED) is 0.813. The van der Waals surface area contributed by atoms with Crippen LogP contribution in [0.25, 0.3) is 11.1 Å². The molecule has 0 saturated carbocycles. The lowest BCUT2D eigenvalue weighted by atomic mass is 10.1. The molecule has 0 aliphatic heterocycles. The second kappa shape index (κ2) is 4.55. The molecule has 82 valence electrons. The summed E-state index contributed by atoms with van der Waals surface area (Å²) in [7, 11) is 0. The Morgan fingerprint density at radius 1 is 1.00 bits per heavy atom. The number of halogens is 1. The smallest absolute Gasteiger partial charge is 0.186 e. The molecule has 0 saturated heterocycles. The van der Waals surface area contributed by atoms with Crippen molar-refractivity contribution in [2.24, 2.45) is 0 Å². The highest BCUT2D eigenvalue weighted by molar-refractivity contribution is 7.79. The monoisotopic (exact) mass is 236 g/mol. The van der Waals surface area contributed by atoms with E-state index in [4.69, 9.17) is 4.55 Å². The van der Waals surface area contributed by atoms with E-state index in [9.17, 15) is 8.60 Å². The van der Waals surface area contributed by atoms with Crippen molar-refractivity contribution in [1.82, 2.24) is 0 Å². The Hall–Kier alpha value is -1.52. The minimum Gasteiger partial charge on any atom is -0.302 e. The van der Waals surface area contributed by atoms with Crippen molar-refractivity contribution in [3.63, 3.8) is 0 Å². The Kier molecular flexibility index (Phi) is 3.12. The second-order valence-corrected chi connectivity index (χ2v) is 4.25. The van der Waals surface area contributed by atoms with Gasteiger partial charge in [0.1, 0.15) is 5.82 Å². The van der Waals surface area contributed by atoms with Gasteiger partial charge in [0, 0.05) is 0 Å². The van der Waals surface area contributed by atoms with Gasteiger partial charge in [0.25, 0.3) is 0 Å². The van der Waals surface area contributed by atoms with E-state index in [1.807, 2.05) is 6.07 Å². The highest BCUT2D eigenvalue weighted by Crippen LogP contribution is 2.21. The summed E-state index contributed by atoms with van der Waals surface area (Å²) in [6.07, 6.45) is 0. The molecular weight excluding hydrogens is 227 g/mol. The minimum atomic E-state index is -1.99. The van der Waals surface area contributed by atoms with Crippen LogP contribution in [0.3, 0.4) is 0 Å². The van der Waals surface area contributed by atoms with Gasteiger partial charge in [-0.2, -0.15) is 0 Å². The first kappa shape index (κ1) is 11.0. The zero-order chi connectivity index (χ0) is 11.5. The van der Waals surface area contributed by atoms with Crippen LogP contribution in [0.2, 0.25) is 0 Å². The molecule has 2 rings (SSSR count). The van der Waals surface area contributed by atoms with Gasteiger partial charge in [-0.15, -0.1) is 0 Å². The molecule has 0 radical (unpaired) electrons. The van der Waals surface area contributed by atoms with Gasteiger partial charge in [-0.25, -0.2) is 8.60 Å². The number of rotatable bonds is 2. The Morgan fingerprint density at radius 3 is 2.31 bits per heavy atom. The van der Waals surface area contributed by atoms with Gasteiger partial charge in [0.05, 0.1) is 4.90 Å². The fourth-order valence-electron chi connectivity index (χ4n) is 1.43. The lowest BCUT2D eigenvalue weighted by molar-refractivity contribution is 0.564. The van der Waals surface area contributed by atoms with Crippen LogP contribution in [-0.2, 0) is 11.1 Å². The molecule has 1 N–H and O–H groups in total. The van der Waals surface area contributed by atoms with Crippen LogP contribution < -0.4 is 0 Å². The number of hydrogen-bond donors (Lipinski definition) is 1. The average Bonchev–Trinajstić information content (AvgIpc) is 2.30. The first-order valence-corrected chi connectivity index (χ1v) is 5.74. The fourth-order valence-corrected chi connectivity index (χ4v) is 1.85. The molecule has 0 aliphatic rings. The van der Waals surface area contributed by atoms with Crippen LogP contribution in [0.15, 0.2) is 53.4 Å². The van der Waals surface area contributed by atoms with Crippen molar-refractivity contribution in [1.29, 1.82) is 0 Å². The van der Waals surface area contributed by atoms with Crippen LogP contribution in [0.5, 0.6) is 0 Å². The van der Waals surface area contributed by atoms with Gasteiger partial charge in [0.2, 0.25) is 0 Å². The third-order valence-corrected chi connectivity index (χ3v) is 2.87. The van der Waals surface area contributed by atoms with E-state index in [-0.39, 0.29) is 5.82 Å². The van der Waals surface area contributed by atoms with Crippen molar-refractivity contribution in [2.45, 2.75) is 4.90 Å². The summed E-state index contributed by atoms with van der Waals surface area (Å²) in [5.74, 6) is -0.300. The van der Waals surface area contributed by atoms with Gasteiger partial charge in [-0.3, -0.25) is 0 Å². The van der Waals surface area contributed by atoms with Crippen molar-refractivity contribution in [3.05, 3.63) is 54.3 Å². The van der Waals surface area contributed by atoms with Crippen LogP contribution in [0.4, 0.5) is 4.39 Å². The second-order valence-electron chi connectivity index (χ2n) is 3.28. The van der Waals surface area contributed by atoms with E-state index in [1.54, 1.807) is 30.3 Å². The molecule has 0 aliphatic carbocycles. The first-order chi connectivity index (χ1) is 7.66. The van der Waals surface area contributed by atoms with E-state index in [0.717, 1.165) is 11.1 Å². The van der Waals surface area contributed by atoms with Crippen molar-refractivity contribution < 1.29 is 13.2 Å². The predicted molar refractivity (Wildman–Crippen MR) is 60.9 cm³/mol. The predicted octanol–water partition coefficient (Wildman–Crippen LogP) is 3.07. The molecule has 0 heterocycles. The third kappa shape index (κ3) is 2.35. The van der Waals surface area contributed by atoms with E-state index in [2.05, 4.69) is 0 Å².